The molecule has 0 aromatic heterocycles. The van der Waals surface area contributed by atoms with Gasteiger partial charge in [-0.05, 0) is 112 Å². The van der Waals surface area contributed by atoms with Gasteiger partial charge in [-0.25, -0.2) is 0 Å². The van der Waals surface area contributed by atoms with E-state index in [0.717, 1.165) is 38.5 Å². The number of rotatable bonds is 8. The summed E-state index contributed by atoms with van der Waals surface area (Å²) in [5.41, 5.74) is 1.46. The molecule has 3 saturated heterocycles. The van der Waals surface area contributed by atoms with Gasteiger partial charge in [0.1, 0.15) is 48.8 Å². The van der Waals surface area contributed by atoms with E-state index in [1.54, 1.807) is 0 Å². The summed E-state index contributed by atoms with van der Waals surface area (Å²) in [6.07, 6.45) is -1.37. The maximum Gasteiger partial charge on any atom is 0.187 e. The van der Waals surface area contributed by atoms with Crippen molar-refractivity contribution in [3.05, 3.63) is 11.6 Å². The Bertz CT molecular complexity index is 1290. The fraction of sp³-hybridized carbons (Fsp3) is 0.950. The fourth-order valence-electron chi connectivity index (χ4n) is 12.7. The lowest BCUT2D eigenvalue weighted by Gasteiger charge is -2.59. The molecule has 13 heteroatoms. The highest BCUT2D eigenvalue weighted by Crippen LogP contribution is 2.67. The third kappa shape index (κ3) is 7.10. The van der Waals surface area contributed by atoms with E-state index in [0.29, 0.717) is 36.1 Å². The van der Waals surface area contributed by atoms with Crippen LogP contribution in [0, 0.1) is 40.4 Å². The smallest absolute Gasteiger partial charge is 0.187 e. The first kappa shape index (κ1) is 40.4. The fourth-order valence-corrected chi connectivity index (χ4v) is 12.7. The Kier molecular flexibility index (Phi) is 12.1. The SMILES string of the molecule is C[C@H]([C@H]1C[C@@H](O)[C@H]2[C@@H]3CC=C4C[C@@H](O[C@@H]5O[C@H](CO)[C@@H](O[C@@H]6O[C@H](CO)[C@@H](O)[C@H](O)[C@H]6O)[C@H](O)[C@H]5O)CC[C@]4(C)[C@H]3CC[C@@]21C)[C@@H]1CCCCCN1C. The van der Waals surface area contributed by atoms with Crippen LogP contribution in [-0.2, 0) is 18.9 Å². The number of aliphatic hydroxyl groups is 8. The van der Waals surface area contributed by atoms with Crippen LogP contribution in [0.2, 0.25) is 0 Å². The van der Waals surface area contributed by atoms with Crippen molar-refractivity contribution in [1.82, 2.24) is 4.90 Å². The molecule has 0 aromatic carbocycles. The summed E-state index contributed by atoms with van der Waals surface area (Å²) in [7, 11) is 2.30. The highest BCUT2D eigenvalue weighted by atomic mass is 16.7. The molecule has 53 heavy (non-hydrogen) atoms. The topological polar surface area (TPSA) is 202 Å². The number of ether oxygens (including phenoxy) is 4. The van der Waals surface area contributed by atoms with Crippen LogP contribution in [0.25, 0.3) is 0 Å². The van der Waals surface area contributed by atoms with Crippen LogP contribution in [0.3, 0.4) is 0 Å². The van der Waals surface area contributed by atoms with Gasteiger partial charge < -0.3 is 64.7 Å². The van der Waals surface area contributed by atoms with Crippen LogP contribution in [-0.4, -0.2) is 152 Å². The second-order valence-corrected chi connectivity index (χ2v) is 18.4. The van der Waals surface area contributed by atoms with E-state index in [4.69, 9.17) is 18.9 Å². The van der Waals surface area contributed by atoms with Crippen molar-refractivity contribution in [1.29, 1.82) is 0 Å². The number of allylic oxidation sites excluding steroid dienone is 1. The molecule has 7 aliphatic rings. The second-order valence-electron chi connectivity index (χ2n) is 18.4. The Balaban J connectivity index is 1.00. The van der Waals surface area contributed by atoms with Crippen molar-refractivity contribution in [2.75, 3.05) is 26.8 Å². The van der Waals surface area contributed by atoms with Crippen LogP contribution in [0.5, 0.6) is 0 Å². The van der Waals surface area contributed by atoms with Gasteiger partial charge in [0.25, 0.3) is 0 Å². The summed E-state index contributed by atoms with van der Waals surface area (Å²) < 4.78 is 23.5. The van der Waals surface area contributed by atoms with E-state index in [-0.39, 0.29) is 29.0 Å². The highest BCUT2D eigenvalue weighted by Gasteiger charge is 2.63. The molecule has 0 aromatic rings. The van der Waals surface area contributed by atoms with E-state index >= 15 is 0 Å². The second kappa shape index (κ2) is 15.9. The molecule has 13 nitrogen and oxygen atoms in total. The van der Waals surface area contributed by atoms with Gasteiger partial charge >= 0.3 is 0 Å². The van der Waals surface area contributed by atoms with Crippen LogP contribution in [0.1, 0.15) is 91.4 Å². The molecule has 0 bridgehead atoms. The first-order chi connectivity index (χ1) is 25.2. The molecule has 0 radical (unpaired) electrons. The number of aliphatic hydroxyl groups excluding tert-OH is 8. The molecule has 0 amide bonds. The van der Waals surface area contributed by atoms with Gasteiger partial charge in [-0.1, -0.05) is 45.3 Å². The van der Waals surface area contributed by atoms with Gasteiger partial charge in [0.05, 0.1) is 25.4 Å². The van der Waals surface area contributed by atoms with Crippen molar-refractivity contribution in [3.63, 3.8) is 0 Å². The largest absolute Gasteiger partial charge is 0.394 e. The number of hydrogen-bond donors (Lipinski definition) is 8. The quantitative estimate of drug-likeness (QED) is 0.164. The lowest BCUT2D eigenvalue weighted by Crippen LogP contribution is -2.65. The van der Waals surface area contributed by atoms with Crippen molar-refractivity contribution in [3.8, 4) is 0 Å². The first-order valence-corrected chi connectivity index (χ1v) is 20.5. The molecule has 4 aliphatic carbocycles. The van der Waals surface area contributed by atoms with Gasteiger partial charge in [-0.2, -0.15) is 0 Å². The average Bonchev–Trinajstić information content (AvgIpc) is 3.25. The van der Waals surface area contributed by atoms with E-state index in [9.17, 15) is 40.9 Å². The standard InChI is InChI=1S/C40H67NO12/c1-20(26-8-6-5-7-15-41(26)4)25-17-27(44)30-23-10-9-21-16-22(11-13-39(21,2)24(23)12-14-40(25,30)3)50-37-35(49)33(47)36(29(19-43)52-37)53-38-34(48)32(46)31(45)28(18-42)51-38/h9,20,22-38,42-49H,5-8,10-19H2,1-4H3/t20-,22+,23-,24+,25-,26+,27-,28-,29-,30-,31-,32+,33-,34-,35-,36-,37-,38+,39+,40-/m1/s1. The number of fused-ring (bicyclic) bond motifs is 5. The minimum absolute atomic E-state index is 0.0153. The summed E-state index contributed by atoms with van der Waals surface area (Å²) in [6.45, 7) is 7.26. The summed E-state index contributed by atoms with van der Waals surface area (Å²) in [4.78, 5) is 2.60. The minimum atomic E-state index is -1.72. The van der Waals surface area contributed by atoms with Gasteiger partial charge in [0, 0.05) is 6.04 Å². The van der Waals surface area contributed by atoms with E-state index in [1.807, 2.05) is 0 Å². The molecule has 3 aliphatic heterocycles. The molecular formula is C40H67NO12. The van der Waals surface area contributed by atoms with Crippen LogP contribution >= 0.6 is 0 Å². The molecule has 20 atom stereocenters. The monoisotopic (exact) mass is 753 g/mol. The van der Waals surface area contributed by atoms with Crippen molar-refractivity contribution < 1.29 is 59.8 Å². The normalized spacial score (nSPS) is 52.8. The molecule has 8 N–H and O–H groups in total. The van der Waals surface area contributed by atoms with Crippen molar-refractivity contribution >= 4 is 0 Å². The van der Waals surface area contributed by atoms with Gasteiger partial charge in [-0.15, -0.1) is 0 Å². The van der Waals surface area contributed by atoms with Crippen LogP contribution in [0.4, 0.5) is 0 Å². The van der Waals surface area contributed by atoms with E-state index in [1.165, 1.54) is 37.8 Å². The van der Waals surface area contributed by atoms with Gasteiger partial charge in [0.15, 0.2) is 12.6 Å². The molecule has 0 spiro atoms. The summed E-state index contributed by atoms with van der Waals surface area (Å²) in [6, 6.07) is 0.579. The van der Waals surface area contributed by atoms with Gasteiger partial charge in [-0.3, -0.25) is 0 Å². The Morgan fingerprint density at radius 1 is 0.830 bits per heavy atom. The number of hydrogen-bond acceptors (Lipinski definition) is 13. The Morgan fingerprint density at radius 3 is 2.26 bits per heavy atom. The van der Waals surface area contributed by atoms with E-state index < -0.39 is 74.6 Å². The molecular weight excluding hydrogens is 686 g/mol. The maximum absolute atomic E-state index is 11.8. The Morgan fingerprint density at radius 2 is 1.53 bits per heavy atom. The number of likely N-dealkylation sites (tertiary alicyclic amines) is 1. The van der Waals surface area contributed by atoms with Gasteiger partial charge in [0.2, 0.25) is 0 Å². The van der Waals surface area contributed by atoms with Crippen molar-refractivity contribution in [2.45, 2.75) is 171 Å². The lowest BCUT2D eigenvalue weighted by atomic mass is 9.46. The average molecular weight is 754 g/mol. The molecule has 3 heterocycles. The summed E-state index contributed by atoms with van der Waals surface area (Å²) in [5.74, 6) is 2.26. The third-order valence-electron chi connectivity index (χ3n) is 15.7. The van der Waals surface area contributed by atoms with Crippen LogP contribution < -0.4 is 0 Å². The predicted octanol–water partition coefficient (Wildman–Crippen LogP) is 1.06. The maximum atomic E-state index is 11.8. The first-order valence-electron chi connectivity index (χ1n) is 20.5. The number of nitrogens with zero attached hydrogens (tertiary/aromatic N) is 1. The zero-order chi connectivity index (χ0) is 38.0. The molecule has 7 rings (SSSR count). The zero-order valence-electron chi connectivity index (χ0n) is 32.0. The van der Waals surface area contributed by atoms with Crippen molar-refractivity contribution in [2.24, 2.45) is 40.4 Å². The highest BCUT2D eigenvalue weighted by molar-refractivity contribution is 5.26. The minimum Gasteiger partial charge on any atom is -0.394 e. The van der Waals surface area contributed by atoms with E-state index in [2.05, 4.69) is 38.8 Å². The summed E-state index contributed by atoms with van der Waals surface area (Å²) >= 11 is 0. The third-order valence-corrected chi connectivity index (χ3v) is 15.7. The lowest BCUT2D eigenvalue weighted by molar-refractivity contribution is -0.363. The predicted molar refractivity (Wildman–Crippen MR) is 192 cm³/mol. The molecule has 3 saturated carbocycles. The van der Waals surface area contributed by atoms with Crippen LogP contribution in [0.15, 0.2) is 11.6 Å². The molecule has 304 valence electrons. The Hall–Kier alpha value is -0.780. The Labute approximate surface area is 314 Å². The summed E-state index contributed by atoms with van der Waals surface area (Å²) in [5, 5.41) is 84.6. The zero-order valence-corrected chi connectivity index (χ0v) is 32.0. The molecule has 0 unspecified atom stereocenters. The molecule has 6 fully saturated rings.